The molecule has 2 aromatic rings. The van der Waals surface area contributed by atoms with E-state index in [0.29, 0.717) is 23.9 Å². The predicted molar refractivity (Wildman–Crippen MR) is 124 cm³/mol. The van der Waals surface area contributed by atoms with E-state index >= 15 is 0 Å². The van der Waals surface area contributed by atoms with E-state index < -0.39 is 6.10 Å². The number of terminal acetylenes is 1. The fraction of sp³-hybridized carbons (Fsp3) is 0.423. The Balaban J connectivity index is 1.57. The van der Waals surface area contributed by atoms with Gasteiger partial charge in [-0.05, 0) is 59.6 Å². The molecule has 0 bridgehead atoms. The summed E-state index contributed by atoms with van der Waals surface area (Å²) in [5, 5.41) is 17.0. The number of ether oxygens (including phenoxy) is 1. The molecular formula is C26H30N2O3. The summed E-state index contributed by atoms with van der Waals surface area (Å²) < 4.78 is 5.92. The van der Waals surface area contributed by atoms with Crippen molar-refractivity contribution in [3.8, 4) is 23.8 Å². The first kappa shape index (κ1) is 21.1. The molecule has 4 rings (SSSR count). The van der Waals surface area contributed by atoms with Crippen LogP contribution >= 0.6 is 0 Å². The molecule has 2 aromatic carbocycles. The summed E-state index contributed by atoms with van der Waals surface area (Å²) in [6.45, 7) is 6.69. The first-order valence-corrected chi connectivity index (χ1v) is 11.0. The summed E-state index contributed by atoms with van der Waals surface area (Å²) in [7, 11) is 0. The van der Waals surface area contributed by atoms with Crippen LogP contribution in [0.1, 0.15) is 69.1 Å². The maximum Gasteiger partial charge on any atom is 0.267 e. The molecule has 0 saturated heterocycles. The normalized spacial score (nSPS) is 18.5. The molecule has 2 aliphatic rings. The van der Waals surface area contributed by atoms with Gasteiger partial charge in [0.05, 0.1) is 12.2 Å². The van der Waals surface area contributed by atoms with Gasteiger partial charge in [0.1, 0.15) is 11.5 Å². The van der Waals surface area contributed by atoms with E-state index in [0.717, 1.165) is 35.2 Å². The van der Waals surface area contributed by atoms with E-state index in [-0.39, 0.29) is 17.1 Å². The number of carbonyl (C=O) groups excluding carboxylic acids is 1. The minimum absolute atomic E-state index is 0.187. The Morgan fingerprint density at radius 3 is 2.65 bits per heavy atom. The topological polar surface area (TPSA) is 70.6 Å². The molecule has 1 fully saturated rings. The average molecular weight is 419 g/mol. The maximum absolute atomic E-state index is 13.0. The Labute approximate surface area is 184 Å². The fourth-order valence-electron chi connectivity index (χ4n) is 4.51. The Morgan fingerprint density at radius 2 is 1.97 bits per heavy atom. The highest BCUT2D eigenvalue weighted by Gasteiger charge is 2.30. The summed E-state index contributed by atoms with van der Waals surface area (Å²) in [4.78, 5) is 13.0. The van der Waals surface area contributed by atoms with Gasteiger partial charge in [-0.1, -0.05) is 39.5 Å². The lowest BCUT2D eigenvalue weighted by Gasteiger charge is -2.29. The van der Waals surface area contributed by atoms with Gasteiger partial charge >= 0.3 is 0 Å². The predicted octanol–water partition coefficient (Wildman–Crippen LogP) is 5.14. The van der Waals surface area contributed by atoms with Crippen LogP contribution in [0.2, 0.25) is 0 Å². The van der Waals surface area contributed by atoms with Crippen molar-refractivity contribution in [1.82, 2.24) is 0 Å². The van der Waals surface area contributed by atoms with Gasteiger partial charge in [0, 0.05) is 17.3 Å². The van der Waals surface area contributed by atoms with E-state index in [4.69, 9.17) is 11.2 Å². The van der Waals surface area contributed by atoms with E-state index in [1.807, 2.05) is 6.07 Å². The molecule has 1 aliphatic heterocycles. The number of hydrogen-bond donors (Lipinski definition) is 3. The van der Waals surface area contributed by atoms with Crippen molar-refractivity contribution in [2.24, 2.45) is 0 Å². The summed E-state index contributed by atoms with van der Waals surface area (Å²) in [5.74, 6) is 3.59. The van der Waals surface area contributed by atoms with Gasteiger partial charge in [0.15, 0.2) is 6.10 Å². The Morgan fingerprint density at radius 1 is 1.23 bits per heavy atom. The van der Waals surface area contributed by atoms with Gasteiger partial charge in [-0.25, -0.2) is 0 Å². The van der Waals surface area contributed by atoms with Gasteiger partial charge in [-0.15, -0.1) is 6.42 Å². The molecule has 5 nitrogen and oxygen atoms in total. The highest BCUT2D eigenvalue weighted by molar-refractivity contribution is 5.96. The van der Waals surface area contributed by atoms with Crippen LogP contribution in [-0.2, 0) is 10.2 Å². The highest BCUT2D eigenvalue weighted by atomic mass is 16.5. The first-order chi connectivity index (χ1) is 14.8. The molecule has 1 atom stereocenters. The lowest BCUT2D eigenvalue weighted by Crippen LogP contribution is -2.41. The lowest BCUT2D eigenvalue weighted by molar-refractivity contribution is -0.122. The third kappa shape index (κ3) is 4.34. The van der Waals surface area contributed by atoms with Crippen molar-refractivity contribution < 1.29 is 14.6 Å². The van der Waals surface area contributed by atoms with Crippen LogP contribution in [0.3, 0.4) is 0 Å². The second kappa shape index (κ2) is 8.19. The molecule has 0 aromatic heterocycles. The van der Waals surface area contributed by atoms with Gasteiger partial charge in [-0.2, -0.15) is 0 Å². The Hall–Kier alpha value is -3.13. The second-order valence-corrected chi connectivity index (χ2v) is 9.52. The number of fused-ring (bicyclic) bond motifs is 1. The van der Waals surface area contributed by atoms with E-state index in [2.05, 4.69) is 43.4 Å². The van der Waals surface area contributed by atoms with Crippen LogP contribution < -0.4 is 15.4 Å². The number of phenols is 1. The monoisotopic (exact) mass is 418 g/mol. The minimum Gasteiger partial charge on any atom is -0.508 e. The zero-order valence-corrected chi connectivity index (χ0v) is 18.4. The molecule has 1 aliphatic carbocycles. The number of aromatic hydroxyl groups is 1. The van der Waals surface area contributed by atoms with Crippen molar-refractivity contribution in [2.45, 2.75) is 63.9 Å². The van der Waals surface area contributed by atoms with E-state index in [1.54, 1.807) is 18.2 Å². The van der Waals surface area contributed by atoms with Gasteiger partial charge < -0.3 is 20.5 Å². The molecule has 162 valence electrons. The maximum atomic E-state index is 13.0. The largest absolute Gasteiger partial charge is 0.508 e. The third-order valence-corrected chi connectivity index (χ3v) is 6.21. The molecule has 0 unspecified atom stereocenters. The number of hydrogen-bond acceptors (Lipinski definition) is 4. The minimum atomic E-state index is -0.686. The summed E-state index contributed by atoms with van der Waals surface area (Å²) in [5.41, 5.74) is 4.00. The smallest absolute Gasteiger partial charge is 0.267 e. The van der Waals surface area contributed by atoms with Crippen molar-refractivity contribution >= 4 is 17.3 Å². The van der Waals surface area contributed by atoms with Crippen molar-refractivity contribution in [3.05, 3.63) is 47.0 Å². The number of anilines is 2. The van der Waals surface area contributed by atoms with Crippen LogP contribution in [-0.4, -0.2) is 23.7 Å². The lowest BCUT2D eigenvalue weighted by atomic mass is 9.82. The van der Waals surface area contributed by atoms with Gasteiger partial charge in [0.25, 0.3) is 5.91 Å². The molecule has 5 heteroatoms. The van der Waals surface area contributed by atoms with Crippen LogP contribution in [0, 0.1) is 12.3 Å². The number of rotatable bonds is 3. The number of benzene rings is 2. The average Bonchev–Trinajstić information content (AvgIpc) is 3.26. The molecule has 0 spiro atoms. The Kier molecular flexibility index (Phi) is 5.58. The van der Waals surface area contributed by atoms with Gasteiger partial charge in [-0.3, -0.25) is 4.79 Å². The number of carbonyl (C=O) groups is 1. The molecule has 3 N–H and O–H groups in total. The molecule has 1 amide bonds. The van der Waals surface area contributed by atoms with Crippen LogP contribution in [0.5, 0.6) is 11.5 Å². The fourth-order valence-corrected chi connectivity index (χ4v) is 4.51. The SMILES string of the molecule is C#Cc1ccc2c(c1)NC[C@@H](C(=O)Nc1cc(O)c(C3CCCC3)cc1C(C)(C)C)O2. The number of phenolic OH excluding ortho intramolecular Hbond substituents is 1. The summed E-state index contributed by atoms with van der Waals surface area (Å²) in [6.07, 6.45) is 9.37. The zero-order chi connectivity index (χ0) is 22.2. The van der Waals surface area contributed by atoms with Crippen molar-refractivity contribution in [2.75, 3.05) is 17.2 Å². The summed E-state index contributed by atoms with van der Waals surface area (Å²) >= 11 is 0. The second-order valence-electron chi connectivity index (χ2n) is 9.52. The molecule has 1 heterocycles. The van der Waals surface area contributed by atoms with Crippen molar-refractivity contribution in [3.63, 3.8) is 0 Å². The molecule has 31 heavy (non-hydrogen) atoms. The molecule has 1 saturated carbocycles. The first-order valence-electron chi connectivity index (χ1n) is 11.0. The zero-order valence-electron chi connectivity index (χ0n) is 18.4. The van der Waals surface area contributed by atoms with Crippen molar-refractivity contribution in [1.29, 1.82) is 0 Å². The molecular weight excluding hydrogens is 388 g/mol. The van der Waals surface area contributed by atoms with Crippen LogP contribution in [0.4, 0.5) is 11.4 Å². The molecule has 0 radical (unpaired) electrons. The van der Waals surface area contributed by atoms with Gasteiger partial charge in [0.2, 0.25) is 0 Å². The van der Waals surface area contributed by atoms with Crippen LogP contribution in [0.15, 0.2) is 30.3 Å². The third-order valence-electron chi connectivity index (χ3n) is 6.21. The van der Waals surface area contributed by atoms with Crippen LogP contribution in [0.25, 0.3) is 0 Å². The standard InChI is InChI=1S/C26H30N2O3/c1-5-16-10-11-23-21(12-16)27-15-24(31-23)25(30)28-20-14-22(29)18(17-8-6-7-9-17)13-19(20)26(2,3)4/h1,10-14,17,24,27,29H,6-9,15H2,2-4H3,(H,28,30)/t24-/m0/s1. The number of nitrogens with one attached hydrogen (secondary N) is 2. The summed E-state index contributed by atoms with van der Waals surface area (Å²) in [6, 6.07) is 9.19. The number of amides is 1. The highest BCUT2D eigenvalue weighted by Crippen LogP contribution is 2.43. The van der Waals surface area contributed by atoms with E-state index in [9.17, 15) is 9.90 Å². The van der Waals surface area contributed by atoms with E-state index in [1.165, 1.54) is 12.8 Å². The Bertz CT molecular complexity index is 1040. The quantitative estimate of drug-likeness (QED) is 0.604.